The van der Waals surface area contributed by atoms with Crippen LogP contribution in [0.3, 0.4) is 0 Å². The highest BCUT2D eigenvalue weighted by molar-refractivity contribution is 5.90. The number of carboxylic acid groups (broad SMARTS) is 1. The van der Waals surface area contributed by atoms with Crippen LogP contribution in [-0.4, -0.2) is 40.0 Å². The van der Waals surface area contributed by atoms with Crippen molar-refractivity contribution in [1.29, 1.82) is 0 Å². The summed E-state index contributed by atoms with van der Waals surface area (Å²) >= 11 is 0. The molecule has 0 saturated carbocycles. The van der Waals surface area contributed by atoms with Crippen LogP contribution >= 0.6 is 0 Å². The summed E-state index contributed by atoms with van der Waals surface area (Å²) in [4.78, 5) is 27.3. The van der Waals surface area contributed by atoms with Gasteiger partial charge in [0.05, 0.1) is 6.42 Å². The topological polar surface area (TPSA) is 73.4 Å². The Morgan fingerprint density at radius 1 is 1.38 bits per heavy atom. The van der Waals surface area contributed by atoms with Gasteiger partial charge in [0.2, 0.25) is 5.91 Å². The highest BCUT2D eigenvalue weighted by Crippen LogP contribution is 2.20. The smallest absolute Gasteiger partial charge is 0.323 e. The van der Waals surface area contributed by atoms with Crippen molar-refractivity contribution in [3.05, 3.63) is 35.8 Å². The van der Waals surface area contributed by atoms with Crippen LogP contribution in [0.4, 0.5) is 4.39 Å². The number of benzene rings is 1. The second kappa shape index (κ2) is 6.39. The van der Waals surface area contributed by atoms with Crippen LogP contribution in [0.15, 0.2) is 24.4 Å². The van der Waals surface area contributed by atoms with E-state index in [1.807, 2.05) is 6.92 Å². The largest absolute Gasteiger partial charge is 0.480 e. The zero-order valence-electron chi connectivity index (χ0n) is 11.7. The number of aromatic amines is 1. The number of rotatable bonds is 6. The number of nitrogens with zero attached hydrogens (tertiary/aromatic N) is 1. The summed E-state index contributed by atoms with van der Waals surface area (Å²) in [5, 5.41) is 9.62. The molecule has 0 atom stereocenters. The molecule has 1 heterocycles. The van der Waals surface area contributed by atoms with Crippen molar-refractivity contribution in [1.82, 2.24) is 9.88 Å². The van der Waals surface area contributed by atoms with E-state index >= 15 is 0 Å². The van der Waals surface area contributed by atoms with E-state index in [-0.39, 0.29) is 24.7 Å². The number of aliphatic carboxylic acids is 1. The SMILES string of the molecule is CCCN(CC(=O)O)C(=O)Cc1c[nH]c2cc(F)ccc12. The lowest BCUT2D eigenvalue weighted by Crippen LogP contribution is -2.37. The molecule has 0 radical (unpaired) electrons. The number of fused-ring (bicyclic) bond motifs is 1. The molecule has 0 saturated heterocycles. The molecule has 112 valence electrons. The Hall–Kier alpha value is -2.37. The highest BCUT2D eigenvalue weighted by Gasteiger charge is 2.17. The zero-order chi connectivity index (χ0) is 15.4. The van der Waals surface area contributed by atoms with Crippen molar-refractivity contribution < 1.29 is 19.1 Å². The first kappa shape index (κ1) is 15.0. The molecule has 0 aliphatic carbocycles. The number of H-pyrrole nitrogens is 1. The van der Waals surface area contributed by atoms with Crippen molar-refractivity contribution in [2.45, 2.75) is 19.8 Å². The number of carbonyl (C=O) groups excluding carboxylic acids is 1. The van der Waals surface area contributed by atoms with E-state index in [9.17, 15) is 14.0 Å². The van der Waals surface area contributed by atoms with E-state index in [1.54, 1.807) is 12.3 Å². The van der Waals surface area contributed by atoms with Gasteiger partial charge in [-0.3, -0.25) is 9.59 Å². The number of amides is 1. The molecule has 5 nitrogen and oxygen atoms in total. The zero-order valence-corrected chi connectivity index (χ0v) is 11.7. The van der Waals surface area contributed by atoms with Crippen LogP contribution in [0.2, 0.25) is 0 Å². The van der Waals surface area contributed by atoms with Gasteiger partial charge in [0.15, 0.2) is 0 Å². The predicted octanol–water partition coefficient (Wildman–Crippen LogP) is 2.17. The highest BCUT2D eigenvalue weighted by atomic mass is 19.1. The summed E-state index contributed by atoms with van der Waals surface area (Å²) in [6.45, 7) is 1.99. The Labute approximate surface area is 121 Å². The quantitative estimate of drug-likeness (QED) is 0.857. The fourth-order valence-corrected chi connectivity index (χ4v) is 2.30. The van der Waals surface area contributed by atoms with Crippen LogP contribution in [-0.2, 0) is 16.0 Å². The van der Waals surface area contributed by atoms with Gasteiger partial charge in [0, 0.05) is 23.6 Å². The monoisotopic (exact) mass is 292 g/mol. The minimum absolute atomic E-state index is 0.0961. The number of carbonyl (C=O) groups is 2. The number of halogens is 1. The number of carboxylic acids is 1. The first-order chi connectivity index (χ1) is 10.0. The van der Waals surface area contributed by atoms with E-state index in [2.05, 4.69) is 4.98 Å². The third-order valence-electron chi connectivity index (χ3n) is 3.24. The first-order valence-electron chi connectivity index (χ1n) is 6.76. The molecule has 0 fully saturated rings. The molecule has 1 aromatic carbocycles. The van der Waals surface area contributed by atoms with Crippen molar-refractivity contribution in [3.63, 3.8) is 0 Å². The van der Waals surface area contributed by atoms with E-state index < -0.39 is 5.97 Å². The van der Waals surface area contributed by atoms with Gasteiger partial charge in [0.1, 0.15) is 12.4 Å². The van der Waals surface area contributed by atoms with Crippen molar-refractivity contribution >= 4 is 22.8 Å². The van der Waals surface area contributed by atoms with Gasteiger partial charge >= 0.3 is 5.97 Å². The molecule has 0 bridgehead atoms. The maximum Gasteiger partial charge on any atom is 0.323 e. The third-order valence-corrected chi connectivity index (χ3v) is 3.24. The molecule has 0 aliphatic rings. The van der Waals surface area contributed by atoms with Crippen LogP contribution in [0, 0.1) is 5.82 Å². The normalized spacial score (nSPS) is 10.8. The third kappa shape index (κ3) is 3.59. The summed E-state index contributed by atoms with van der Waals surface area (Å²) in [6.07, 6.45) is 2.45. The molecule has 21 heavy (non-hydrogen) atoms. The molecule has 0 aliphatic heterocycles. The summed E-state index contributed by atoms with van der Waals surface area (Å²) in [6, 6.07) is 4.32. The van der Waals surface area contributed by atoms with Crippen molar-refractivity contribution in [2.75, 3.05) is 13.1 Å². The summed E-state index contributed by atoms with van der Waals surface area (Å²) in [5.41, 5.74) is 1.36. The fourth-order valence-electron chi connectivity index (χ4n) is 2.30. The lowest BCUT2D eigenvalue weighted by molar-refractivity contribution is -0.144. The first-order valence-corrected chi connectivity index (χ1v) is 6.76. The molecule has 6 heteroatoms. The average molecular weight is 292 g/mol. The average Bonchev–Trinajstić information content (AvgIpc) is 2.80. The summed E-state index contributed by atoms with van der Waals surface area (Å²) in [5.74, 6) is -1.62. The van der Waals surface area contributed by atoms with Crippen LogP contribution in [0.5, 0.6) is 0 Å². The predicted molar refractivity (Wildman–Crippen MR) is 76.5 cm³/mol. The van der Waals surface area contributed by atoms with E-state index in [0.717, 1.165) is 10.9 Å². The van der Waals surface area contributed by atoms with E-state index in [4.69, 9.17) is 5.11 Å². The minimum atomic E-state index is -1.03. The fraction of sp³-hybridized carbons (Fsp3) is 0.333. The Morgan fingerprint density at radius 2 is 2.14 bits per heavy atom. The van der Waals surface area contributed by atoms with Gasteiger partial charge in [-0.25, -0.2) is 4.39 Å². The van der Waals surface area contributed by atoms with Crippen molar-refractivity contribution in [3.8, 4) is 0 Å². The molecule has 2 aromatic rings. The maximum absolute atomic E-state index is 13.1. The molecule has 1 aromatic heterocycles. The van der Waals surface area contributed by atoms with Crippen LogP contribution < -0.4 is 0 Å². The van der Waals surface area contributed by atoms with Gasteiger partial charge in [-0.05, 0) is 30.2 Å². The Morgan fingerprint density at radius 3 is 2.81 bits per heavy atom. The van der Waals surface area contributed by atoms with Gasteiger partial charge in [-0.2, -0.15) is 0 Å². The van der Waals surface area contributed by atoms with Gasteiger partial charge < -0.3 is 15.0 Å². The minimum Gasteiger partial charge on any atom is -0.480 e. The number of aromatic nitrogens is 1. The standard InChI is InChI=1S/C15H17FN2O3/c1-2-5-18(9-15(20)21)14(19)6-10-8-17-13-7-11(16)3-4-12(10)13/h3-4,7-8,17H,2,5-6,9H2,1H3,(H,20,21). The maximum atomic E-state index is 13.1. The molecule has 0 spiro atoms. The summed E-state index contributed by atoms with van der Waals surface area (Å²) < 4.78 is 13.1. The van der Waals surface area contributed by atoms with Crippen LogP contribution in [0.1, 0.15) is 18.9 Å². The Bertz CT molecular complexity index is 666. The second-order valence-electron chi connectivity index (χ2n) is 4.89. The van der Waals surface area contributed by atoms with Gasteiger partial charge in [-0.1, -0.05) is 6.92 Å². The van der Waals surface area contributed by atoms with E-state index in [1.165, 1.54) is 17.0 Å². The number of hydrogen-bond donors (Lipinski definition) is 2. The van der Waals surface area contributed by atoms with Crippen LogP contribution in [0.25, 0.3) is 10.9 Å². The number of nitrogens with one attached hydrogen (secondary N) is 1. The Balaban J connectivity index is 2.17. The van der Waals surface area contributed by atoms with E-state index in [0.29, 0.717) is 18.5 Å². The second-order valence-corrected chi connectivity index (χ2v) is 4.89. The lowest BCUT2D eigenvalue weighted by Gasteiger charge is -2.19. The molecule has 0 unspecified atom stereocenters. The molecule has 2 N–H and O–H groups in total. The Kier molecular flexibility index (Phi) is 4.57. The van der Waals surface area contributed by atoms with Crippen molar-refractivity contribution in [2.24, 2.45) is 0 Å². The molecule has 1 amide bonds. The molecular weight excluding hydrogens is 275 g/mol. The summed E-state index contributed by atoms with van der Waals surface area (Å²) in [7, 11) is 0. The van der Waals surface area contributed by atoms with Gasteiger partial charge in [-0.15, -0.1) is 0 Å². The lowest BCUT2D eigenvalue weighted by atomic mass is 10.1. The molecular formula is C15H17FN2O3. The molecule has 2 rings (SSSR count). The number of hydrogen-bond acceptors (Lipinski definition) is 2. The van der Waals surface area contributed by atoms with Gasteiger partial charge in [0.25, 0.3) is 0 Å².